The fraction of sp³-hybridized carbons (Fsp3) is 0.304. The molecule has 2 aliphatic carbocycles. The maximum Gasteiger partial charge on any atom is 0.125 e. The smallest absolute Gasteiger partial charge is 0.125 e. The molecule has 1 fully saturated rings. The minimum absolute atomic E-state index is 0.114. The van der Waals surface area contributed by atoms with Crippen molar-refractivity contribution in [3.8, 4) is 22.6 Å². The molecule has 6 N–H and O–H groups in total. The second-order valence-electron chi connectivity index (χ2n) is 7.65. The van der Waals surface area contributed by atoms with Gasteiger partial charge in [-0.15, -0.1) is 0 Å². The first-order chi connectivity index (χ1) is 14.4. The molecule has 0 radical (unpaired) electrons. The van der Waals surface area contributed by atoms with Crippen LogP contribution >= 0.6 is 0 Å². The van der Waals surface area contributed by atoms with E-state index in [2.05, 4.69) is 0 Å². The molecule has 1 heterocycles. The summed E-state index contributed by atoms with van der Waals surface area (Å²) in [5.74, 6) is -0.433. The molecule has 1 saturated heterocycles. The Morgan fingerprint density at radius 2 is 1.43 bits per heavy atom. The van der Waals surface area contributed by atoms with Crippen LogP contribution in [0, 0.1) is 0 Å². The van der Waals surface area contributed by atoms with Gasteiger partial charge >= 0.3 is 0 Å². The third-order valence-corrected chi connectivity index (χ3v) is 5.61. The first-order valence-corrected chi connectivity index (χ1v) is 9.72. The molecule has 1 aromatic rings. The van der Waals surface area contributed by atoms with Gasteiger partial charge in [0.2, 0.25) is 0 Å². The highest BCUT2D eigenvalue weighted by Crippen LogP contribution is 2.40. The van der Waals surface area contributed by atoms with Crippen molar-refractivity contribution in [3.05, 3.63) is 71.3 Å². The van der Waals surface area contributed by atoms with Gasteiger partial charge < -0.3 is 35.4 Å². The van der Waals surface area contributed by atoms with Gasteiger partial charge in [-0.1, -0.05) is 42.5 Å². The van der Waals surface area contributed by atoms with E-state index < -0.39 is 37.1 Å². The van der Waals surface area contributed by atoms with Crippen LogP contribution in [0.1, 0.15) is 22.8 Å². The number of aliphatic hydroxyl groups is 4. The van der Waals surface area contributed by atoms with E-state index in [9.17, 15) is 30.6 Å². The molecule has 7 nitrogen and oxygen atoms in total. The van der Waals surface area contributed by atoms with E-state index in [4.69, 9.17) is 4.74 Å². The zero-order valence-electron chi connectivity index (χ0n) is 16.1. The van der Waals surface area contributed by atoms with Crippen molar-refractivity contribution in [2.75, 3.05) is 6.61 Å². The van der Waals surface area contributed by atoms with Crippen LogP contribution in [0.2, 0.25) is 0 Å². The fourth-order valence-electron chi connectivity index (χ4n) is 3.97. The Kier molecular flexibility index (Phi) is 5.64. The van der Waals surface area contributed by atoms with E-state index in [0.29, 0.717) is 12.0 Å². The zero-order chi connectivity index (χ0) is 21.4. The number of phenols is 2. The molecular weight excluding hydrogens is 388 g/mol. The van der Waals surface area contributed by atoms with Crippen molar-refractivity contribution in [2.24, 2.45) is 0 Å². The van der Waals surface area contributed by atoms with Gasteiger partial charge in [-0.2, -0.15) is 0 Å². The molecular formula is C23H24O7. The summed E-state index contributed by atoms with van der Waals surface area (Å²) in [4.78, 5) is 0. The average molecular weight is 412 g/mol. The number of hydrogen-bond acceptors (Lipinski definition) is 7. The summed E-state index contributed by atoms with van der Waals surface area (Å²) in [6.07, 6.45) is -6.47. The molecule has 0 aromatic heterocycles. The van der Waals surface area contributed by atoms with Gasteiger partial charge in [0.25, 0.3) is 0 Å². The molecule has 158 valence electrons. The standard InChI is InChI=1S/C23H24O7/c24-11-19-20(27)21(28)22(29)23(30-19)16-9-15(17(25)10-18(16)26)8-12-6-13-4-2-1-3-5-14(13)7-12/h1-7,9-10,19-29H,8,11H2/t19-,20-,21+,22-,23+/m1/s1. The number of rotatable bonds is 4. The summed E-state index contributed by atoms with van der Waals surface area (Å²) < 4.78 is 5.55. The van der Waals surface area contributed by atoms with Crippen LogP contribution in [-0.2, 0) is 11.2 Å². The summed E-state index contributed by atoms with van der Waals surface area (Å²) in [7, 11) is 0. The maximum absolute atomic E-state index is 10.4. The van der Waals surface area contributed by atoms with Crippen LogP contribution in [0.4, 0.5) is 0 Å². The molecule has 4 rings (SSSR count). The predicted molar refractivity (Wildman–Crippen MR) is 108 cm³/mol. The van der Waals surface area contributed by atoms with Crippen molar-refractivity contribution in [3.63, 3.8) is 0 Å². The molecule has 3 aliphatic rings. The third-order valence-electron chi connectivity index (χ3n) is 5.61. The normalized spacial score (nSPS) is 26.7. The SMILES string of the molecule is OC[C@H]1O[C@@H](c2cc(Cc3cc4cccccc-4c3)c(O)cc2O)[C@H](O)[C@@H](O)[C@@H]1O. The lowest BCUT2D eigenvalue weighted by atomic mass is 9.89. The number of hydrogen-bond donors (Lipinski definition) is 6. The van der Waals surface area contributed by atoms with E-state index in [-0.39, 0.29) is 17.1 Å². The molecule has 7 heteroatoms. The lowest BCUT2D eigenvalue weighted by Gasteiger charge is -2.40. The van der Waals surface area contributed by atoms with Crippen molar-refractivity contribution in [1.82, 2.24) is 0 Å². The monoisotopic (exact) mass is 412 g/mol. The van der Waals surface area contributed by atoms with Crippen LogP contribution in [0.25, 0.3) is 11.1 Å². The van der Waals surface area contributed by atoms with Gasteiger partial charge in [0, 0.05) is 18.1 Å². The van der Waals surface area contributed by atoms with Gasteiger partial charge in [0.05, 0.1) is 6.61 Å². The van der Waals surface area contributed by atoms with Gasteiger partial charge in [-0.25, -0.2) is 0 Å². The molecule has 0 spiro atoms. The number of phenolic OH excluding ortho intramolecular Hbond substituents is 2. The molecule has 1 aromatic carbocycles. The minimum Gasteiger partial charge on any atom is -0.508 e. The largest absolute Gasteiger partial charge is 0.508 e. The van der Waals surface area contributed by atoms with Crippen LogP contribution in [-0.4, -0.2) is 61.7 Å². The van der Waals surface area contributed by atoms with Crippen LogP contribution in [0.5, 0.6) is 11.5 Å². The lowest BCUT2D eigenvalue weighted by molar-refractivity contribution is -0.232. The molecule has 0 bridgehead atoms. The molecule has 0 unspecified atom stereocenters. The highest BCUT2D eigenvalue weighted by atomic mass is 16.5. The Bertz CT molecular complexity index is 972. The summed E-state index contributed by atoms with van der Waals surface area (Å²) in [6.45, 7) is -0.565. The van der Waals surface area contributed by atoms with E-state index in [1.54, 1.807) is 0 Å². The molecule has 30 heavy (non-hydrogen) atoms. The summed E-state index contributed by atoms with van der Waals surface area (Å²) in [5.41, 5.74) is 3.73. The second kappa shape index (κ2) is 8.22. The predicted octanol–water partition coefficient (Wildman–Crippen LogP) is 1.31. The van der Waals surface area contributed by atoms with Crippen LogP contribution in [0.15, 0.2) is 54.6 Å². The Morgan fingerprint density at radius 3 is 2.07 bits per heavy atom. The number of aromatic hydroxyl groups is 2. The summed E-state index contributed by atoms with van der Waals surface area (Å²) >= 11 is 0. The van der Waals surface area contributed by atoms with E-state index in [1.165, 1.54) is 6.07 Å². The van der Waals surface area contributed by atoms with Crippen LogP contribution in [0.3, 0.4) is 0 Å². The number of ether oxygens (including phenoxy) is 1. The van der Waals surface area contributed by atoms with Crippen molar-refractivity contribution < 1.29 is 35.4 Å². The van der Waals surface area contributed by atoms with Crippen molar-refractivity contribution >= 4 is 0 Å². The maximum atomic E-state index is 10.4. The van der Waals surface area contributed by atoms with Gasteiger partial charge in [0.1, 0.15) is 42.0 Å². The zero-order valence-corrected chi connectivity index (χ0v) is 16.1. The number of fused-ring (bicyclic) bond motifs is 1. The molecule has 0 saturated carbocycles. The second-order valence-corrected chi connectivity index (χ2v) is 7.65. The van der Waals surface area contributed by atoms with Gasteiger partial charge in [-0.05, 0) is 28.3 Å². The lowest BCUT2D eigenvalue weighted by Crippen LogP contribution is -2.55. The average Bonchev–Trinajstić information content (AvgIpc) is 2.97. The highest BCUT2D eigenvalue weighted by molar-refractivity contribution is 5.68. The van der Waals surface area contributed by atoms with Gasteiger partial charge in [-0.3, -0.25) is 0 Å². The quantitative estimate of drug-likeness (QED) is 0.381. The van der Waals surface area contributed by atoms with E-state index >= 15 is 0 Å². The Morgan fingerprint density at radius 1 is 0.767 bits per heavy atom. The van der Waals surface area contributed by atoms with E-state index in [1.807, 2.05) is 42.5 Å². The Labute approximate surface area is 173 Å². The first kappa shape index (κ1) is 20.6. The number of benzene rings is 1. The Balaban J connectivity index is 1.68. The highest BCUT2D eigenvalue weighted by Gasteiger charge is 2.44. The molecule has 5 atom stereocenters. The number of aliphatic hydroxyl groups excluding tert-OH is 4. The van der Waals surface area contributed by atoms with Crippen molar-refractivity contribution in [2.45, 2.75) is 36.9 Å². The van der Waals surface area contributed by atoms with Crippen LogP contribution < -0.4 is 0 Å². The van der Waals surface area contributed by atoms with Gasteiger partial charge in [0.15, 0.2) is 0 Å². The minimum atomic E-state index is -1.56. The van der Waals surface area contributed by atoms with Crippen molar-refractivity contribution in [1.29, 1.82) is 0 Å². The van der Waals surface area contributed by atoms with E-state index in [0.717, 1.165) is 22.8 Å². The fourth-order valence-corrected chi connectivity index (χ4v) is 3.97. The Hall–Kier alpha value is -2.68. The molecule has 1 aliphatic heterocycles. The molecule has 0 amide bonds. The summed E-state index contributed by atoms with van der Waals surface area (Å²) in [5, 5.41) is 60.5. The first-order valence-electron chi connectivity index (χ1n) is 9.72. The summed E-state index contributed by atoms with van der Waals surface area (Å²) in [6, 6.07) is 16.5. The topological polar surface area (TPSA) is 131 Å². The third kappa shape index (κ3) is 3.74.